The van der Waals surface area contributed by atoms with Crippen LogP contribution in [0.2, 0.25) is 5.15 Å². The average molecular weight is 273 g/mol. The second kappa shape index (κ2) is 7.51. The Labute approximate surface area is 114 Å². The molecule has 0 spiro atoms. The maximum absolute atomic E-state index is 6.00. The maximum atomic E-state index is 6.00. The first-order valence-corrected chi connectivity index (χ1v) is 6.35. The number of anilines is 1. The normalized spacial score (nSPS) is 11.0. The Morgan fingerprint density at radius 2 is 1.83 bits per heavy atom. The van der Waals surface area contributed by atoms with Crippen molar-refractivity contribution in [3.63, 3.8) is 0 Å². The summed E-state index contributed by atoms with van der Waals surface area (Å²) in [5.74, 6) is 0.621. The lowest BCUT2D eigenvalue weighted by Gasteiger charge is -2.11. The summed E-state index contributed by atoms with van der Waals surface area (Å²) in [6, 6.07) is 0. The summed E-state index contributed by atoms with van der Waals surface area (Å²) in [4.78, 5) is 10.6. The minimum Gasteiger partial charge on any atom is -0.378 e. The fraction of sp³-hybridized carbons (Fsp3) is 0.667. The summed E-state index contributed by atoms with van der Waals surface area (Å²) in [6.07, 6.45) is 0. The molecule has 5 nitrogen and oxygen atoms in total. The van der Waals surface area contributed by atoms with Gasteiger partial charge in [0.05, 0.1) is 24.6 Å². The Balaban J connectivity index is 2.29. The molecule has 1 N–H and O–H groups in total. The first-order chi connectivity index (χ1) is 8.50. The number of halogens is 1. The van der Waals surface area contributed by atoms with Crippen LogP contribution >= 0.6 is 11.6 Å². The zero-order chi connectivity index (χ0) is 13.5. The number of hydrogen-bond acceptors (Lipinski definition) is 5. The smallest absolute Gasteiger partial charge is 0.171 e. The molecular weight excluding hydrogens is 252 g/mol. The highest BCUT2D eigenvalue weighted by atomic mass is 35.5. The van der Waals surface area contributed by atoms with Crippen molar-refractivity contribution in [2.45, 2.75) is 13.8 Å². The van der Waals surface area contributed by atoms with Gasteiger partial charge >= 0.3 is 0 Å². The molecule has 0 radical (unpaired) electrons. The van der Waals surface area contributed by atoms with Gasteiger partial charge in [-0.1, -0.05) is 11.6 Å². The van der Waals surface area contributed by atoms with E-state index in [2.05, 4.69) is 20.2 Å². The zero-order valence-corrected chi connectivity index (χ0v) is 12.2. The van der Waals surface area contributed by atoms with E-state index in [-0.39, 0.29) is 0 Å². The monoisotopic (exact) mass is 272 g/mol. The van der Waals surface area contributed by atoms with Crippen LogP contribution in [0, 0.1) is 13.8 Å². The van der Waals surface area contributed by atoms with Crippen molar-refractivity contribution in [3.8, 4) is 0 Å². The van der Waals surface area contributed by atoms with E-state index in [0.29, 0.717) is 24.1 Å². The summed E-state index contributed by atoms with van der Waals surface area (Å²) >= 11 is 6.00. The van der Waals surface area contributed by atoms with Crippen molar-refractivity contribution in [1.29, 1.82) is 0 Å². The van der Waals surface area contributed by atoms with E-state index in [1.54, 1.807) is 0 Å². The standard InChI is InChI=1S/C12H21ClN4O/c1-9-10(2)16-12(11(13)15-9)14-5-7-18-8-6-17(3)4/h5-8H2,1-4H3,(H,14,16). The van der Waals surface area contributed by atoms with Crippen LogP contribution in [0.4, 0.5) is 5.82 Å². The predicted octanol–water partition coefficient (Wildman–Crippen LogP) is 1.74. The molecule has 1 heterocycles. The summed E-state index contributed by atoms with van der Waals surface area (Å²) < 4.78 is 5.46. The van der Waals surface area contributed by atoms with E-state index in [9.17, 15) is 0 Å². The van der Waals surface area contributed by atoms with Crippen LogP contribution in [-0.2, 0) is 4.74 Å². The van der Waals surface area contributed by atoms with E-state index < -0.39 is 0 Å². The maximum Gasteiger partial charge on any atom is 0.171 e. The summed E-state index contributed by atoms with van der Waals surface area (Å²) in [6.45, 7) is 6.74. The van der Waals surface area contributed by atoms with Crippen LogP contribution < -0.4 is 5.32 Å². The summed E-state index contributed by atoms with van der Waals surface area (Å²) in [5.41, 5.74) is 1.74. The first kappa shape index (κ1) is 15.1. The van der Waals surface area contributed by atoms with Crippen molar-refractivity contribution >= 4 is 17.4 Å². The molecule has 0 fully saturated rings. The summed E-state index contributed by atoms with van der Waals surface area (Å²) in [7, 11) is 4.04. The molecule has 1 aromatic heterocycles. The third-order valence-electron chi connectivity index (χ3n) is 2.49. The fourth-order valence-electron chi connectivity index (χ4n) is 1.28. The van der Waals surface area contributed by atoms with Gasteiger partial charge in [0, 0.05) is 13.1 Å². The van der Waals surface area contributed by atoms with E-state index in [1.807, 2.05) is 27.9 Å². The van der Waals surface area contributed by atoms with Gasteiger partial charge in [0.2, 0.25) is 0 Å². The molecule has 6 heteroatoms. The second-order valence-electron chi connectivity index (χ2n) is 4.38. The SMILES string of the molecule is Cc1nc(Cl)c(NCCOCCN(C)C)nc1C. The second-order valence-corrected chi connectivity index (χ2v) is 4.73. The van der Waals surface area contributed by atoms with Gasteiger partial charge in [-0.25, -0.2) is 9.97 Å². The molecule has 0 unspecified atom stereocenters. The Hall–Kier alpha value is -0.910. The molecule has 0 saturated heterocycles. The molecule has 0 bridgehead atoms. The van der Waals surface area contributed by atoms with Gasteiger partial charge in [-0.3, -0.25) is 0 Å². The molecule has 0 aromatic carbocycles. The minimum absolute atomic E-state index is 0.409. The largest absolute Gasteiger partial charge is 0.378 e. The van der Waals surface area contributed by atoms with Crippen molar-refractivity contribution in [1.82, 2.24) is 14.9 Å². The number of aryl methyl sites for hydroxylation is 2. The highest BCUT2D eigenvalue weighted by Gasteiger charge is 2.05. The molecule has 102 valence electrons. The van der Waals surface area contributed by atoms with Crippen molar-refractivity contribution < 1.29 is 4.74 Å². The van der Waals surface area contributed by atoms with Gasteiger partial charge < -0.3 is 15.0 Å². The Kier molecular flexibility index (Phi) is 6.32. The van der Waals surface area contributed by atoms with Crippen LogP contribution in [-0.4, -0.2) is 55.3 Å². The van der Waals surface area contributed by atoms with E-state index in [1.165, 1.54) is 0 Å². The number of ether oxygens (including phenoxy) is 1. The van der Waals surface area contributed by atoms with Gasteiger partial charge in [-0.2, -0.15) is 0 Å². The van der Waals surface area contributed by atoms with Gasteiger partial charge in [-0.05, 0) is 27.9 Å². The molecule has 0 aliphatic carbocycles. The first-order valence-electron chi connectivity index (χ1n) is 5.97. The molecule has 1 rings (SSSR count). The van der Waals surface area contributed by atoms with Crippen LogP contribution in [0.3, 0.4) is 0 Å². The molecule has 0 aliphatic heterocycles. The van der Waals surface area contributed by atoms with Gasteiger partial charge in [0.25, 0.3) is 0 Å². The lowest BCUT2D eigenvalue weighted by atomic mass is 10.3. The minimum atomic E-state index is 0.409. The Morgan fingerprint density at radius 1 is 1.17 bits per heavy atom. The lowest BCUT2D eigenvalue weighted by Crippen LogP contribution is -2.20. The fourth-order valence-corrected chi connectivity index (χ4v) is 1.51. The van der Waals surface area contributed by atoms with Crippen LogP contribution in [0.5, 0.6) is 0 Å². The average Bonchev–Trinajstić information content (AvgIpc) is 2.29. The Bertz CT molecular complexity index is 385. The topological polar surface area (TPSA) is 50.3 Å². The molecule has 0 aliphatic rings. The number of nitrogens with zero attached hydrogens (tertiary/aromatic N) is 3. The van der Waals surface area contributed by atoms with Gasteiger partial charge in [-0.15, -0.1) is 0 Å². The van der Waals surface area contributed by atoms with Crippen molar-refractivity contribution in [3.05, 3.63) is 16.5 Å². The van der Waals surface area contributed by atoms with Crippen LogP contribution in [0.15, 0.2) is 0 Å². The number of rotatable bonds is 7. The van der Waals surface area contributed by atoms with Gasteiger partial charge in [0.15, 0.2) is 11.0 Å². The third-order valence-corrected chi connectivity index (χ3v) is 2.75. The van der Waals surface area contributed by atoms with E-state index in [4.69, 9.17) is 16.3 Å². The predicted molar refractivity (Wildman–Crippen MR) is 74.4 cm³/mol. The molecular formula is C12H21ClN4O. The number of hydrogen-bond donors (Lipinski definition) is 1. The Morgan fingerprint density at radius 3 is 2.50 bits per heavy atom. The number of aromatic nitrogens is 2. The number of likely N-dealkylation sites (N-methyl/N-ethyl adjacent to an activating group) is 1. The molecule has 0 saturated carbocycles. The third kappa shape index (κ3) is 5.16. The molecule has 18 heavy (non-hydrogen) atoms. The molecule has 1 aromatic rings. The summed E-state index contributed by atoms with van der Waals surface area (Å²) in [5, 5.41) is 3.53. The van der Waals surface area contributed by atoms with Crippen molar-refractivity contribution in [2.75, 3.05) is 45.7 Å². The van der Waals surface area contributed by atoms with Gasteiger partial charge in [0.1, 0.15) is 0 Å². The molecule has 0 atom stereocenters. The zero-order valence-electron chi connectivity index (χ0n) is 11.5. The van der Waals surface area contributed by atoms with Crippen LogP contribution in [0.1, 0.15) is 11.4 Å². The quantitative estimate of drug-likeness (QED) is 0.766. The van der Waals surface area contributed by atoms with Crippen molar-refractivity contribution in [2.24, 2.45) is 0 Å². The highest BCUT2D eigenvalue weighted by molar-refractivity contribution is 6.31. The van der Waals surface area contributed by atoms with Crippen LogP contribution in [0.25, 0.3) is 0 Å². The molecule has 0 amide bonds. The lowest BCUT2D eigenvalue weighted by molar-refractivity contribution is 0.126. The highest BCUT2D eigenvalue weighted by Crippen LogP contribution is 2.17. The van der Waals surface area contributed by atoms with E-state index in [0.717, 1.165) is 24.5 Å². The van der Waals surface area contributed by atoms with E-state index >= 15 is 0 Å². The number of nitrogens with one attached hydrogen (secondary N) is 1.